The molecular formula is C39H49NO23. The molecule has 4 heterocycles. The summed E-state index contributed by atoms with van der Waals surface area (Å²) in [4.78, 5) is 12.5. The topological polar surface area (TPSA) is 387 Å². The molecule has 4 aliphatic rings. The number of nitriles is 1. The number of benzene rings is 2. The van der Waals surface area contributed by atoms with Gasteiger partial charge < -0.3 is 109 Å². The summed E-state index contributed by atoms with van der Waals surface area (Å²) in [5, 5.41) is 144. The quantitative estimate of drug-likeness (QED) is 0.0587. The molecule has 0 saturated carbocycles. The molecule has 0 bridgehead atoms. The number of esters is 1. The molecule has 63 heavy (non-hydrogen) atoms. The van der Waals surface area contributed by atoms with Gasteiger partial charge in [0.25, 0.3) is 0 Å². The third kappa shape index (κ3) is 11.0. The van der Waals surface area contributed by atoms with Crippen LogP contribution in [-0.2, 0) is 42.7 Å². The van der Waals surface area contributed by atoms with Crippen LogP contribution in [0, 0.1) is 11.3 Å². The second-order valence-electron chi connectivity index (χ2n) is 15.2. The maximum atomic E-state index is 12.5. The van der Waals surface area contributed by atoms with E-state index in [1.54, 1.807) is 0 Å². The van der Waals surface area contributed by atoms with Crippen molar-refractivity contribution in [2.24, 2.45) is 0 Å². The number of hydrogen-bond donors (Lipinski definition) is 13. The lowest BCUT2D eigenvalue weighted by Crippen LogP contribution is -2.60. The van der Waals surface area contributed by atoms with Crippen molar-refractivity contribution in [3.8, 4) is 23.3 Å². The lowest BCUT2D eigenvalue weighted by atomic mass is 9.99. The zero-order valence-corrected chi connectivity index (χ0v) is 32.9. The highest BCUT2D eigenvalue weighted by Gasteiger charge is 2.53. The Morgan fingerprint density at radius 3 is 2.19 bits per heavy atom. The van der Waals surface area contributed by atoms with Crippen LogP contribution >= 0.6 is 0 Å². The van der Waals surface area contributed by atoms with Crippen LogP contribution in [0.2, 0.25) is 0 Å². The van der Waals surface area contributed by atoms with E-state index in [0.717, 1.165) is 12.1 Å². The molecule has 24 heteroatoms. The summed E-state index contributed by atoms with van der Waals surface area (Å²) in [6.45, 7) is -3.16. The first-order valence-corrected chi connectivity index (χ1v) is 19.4. The van der Waals surface area contributed by atoms with Crippen LogP contribution in [0.4, 0.5) is 0 Å². The van der Waals surface area contributed by atoms with Gasteiger partial charge >= 0.3 is 5.97 Å². The molecule has 0 aliphatic carbocycles. The third-order valence-electron chi connectivity index (χ3n) is 10.7. The fraction of sp³-hybridized carbons (Fsp3) is 0.590. The van der Waals surface area contributed by atoms with E-state index in [-0.39, 0.29) is 22.6 Å². The van der Waals surface area contributed by atoms with E-state index in [1.807, 2.05) is 6.07 Å². The summed E-state index contributed by atoms with van der Waals surface area (Å²) in [6.07, 6.45) is -25.5. The Labute approximate surface area is 357 Å². The number of phenolic OH excluding ortho intramolecular Hbond substituents is 2. The lowest BCUT2D eigenvalue weighted by Gasteiger charge is -2.42. The van der Waals surface area contributed by atoms with Gasteiger partial charge in [-0.25, -0.2) is 4.79 Å². The first kappa shape index (κ1) is 48.3. The van der Waals surface area contributed by atoms with Crippen LogP contribution in [0.3, 0.4) is 0 Å². The third-order valence-corrected chi connectivity index (χ3v) is 10.7. The molecule has 6 rings (SSSR count). The minimum Gasteiger partial charge on any atom is -0.508 e. The van der Waals surface area contributed by atoms with Crippen LogP contribution in [-0.4, -0.2) is 209 Å². The molecule has 2 aromatic carbocycles. The number of nitrogens with zero attached hydrogens (tertiary/aromatic N) is 1. The zero-order chi connectivity index (χ0) is 45.7. The van der Waals surface area contributed by atoms with Gasteiger partial charge in [-0.15, -0.1) is 0 Å². The normalized spacial score (nSPS) is 38.8. The molecule has 2 aromatic rings. The van der Waals surface area contributed by atoms with Gasteiger partial charge in [0.1, 0.15) is 85.6 Å². The van der Waals surface area contributed by atoms with Crippen molar-refractivity contribution in [3.63, 3.8) is 0 Å². The standard InChI is InChI=1S/C39H49NO23/c40-10-21(17-2-1-3-18(42)9-17)60-37-33(52)30(49)27(46)23(62-37)12-55-35-31(50)28(47)24(13-56-35)63-38-34(53)39(54,15-58-38)14-57-25(44)7-5-16-4-6-20(19(43)8-16)59-36-32(51)29(48)26(45)22(11-41)61-36/h1-9,21-24,26-38,41-43,45-54H,11-15H2/b7-5+/t21-,22-,23-,24-,26-,27-,28+,29+,30+,31-,32-,33-,34?,35-,36-,37-,38?,39?/m1/s1. The van der Waals surface area contributed by atoms with Gasteiger partial charge in [-0.2, -0.15) is 5.26 Å². The summed E-state index contributed by atoms with van der Waals surface area (Å²) in [5.41, 5.74) is -1.74. The van der Waals surface area contributed by atoms with Crippen LogP contribution in [0.15, 0.2) is 48.5 Å². The van der Waals surface area contributed by atoms with Gasteiger partial charge in [-0.05, 0) is 41.5 Å². The van der Waals surface area contributed by atoms with Crippen LogP contribution in [0.25, 0.3) is 6.08 Å². The first-order chi connectivity index (χ1) is 29.9. The number of ether oxygens (including phenoxy) is 9. The lowest BCUT2D eigenvalue weighted by molar-refractivity contribution is -0.331. The fourth-order valence-electron chi connectivity index (χ4n) is 6.90. The maximum absolute atomic E-state index is 12.5. The average molecular weight is 900 g/mol. The van der Waals surface area contributed by atoms with Gasteiger partial charge in [0.15, 0.2) is 42.1 Å². The smallest absolute Gasteiger partial charge is 0.330 e. The monoisotopic (exact) mass is 899 g/mol. The predicted molar refractivity (Wildman–Crippen MR) is 200 cm³/mol. The number of phenols is 2. The fourth-order valence-corrected chi connectivity index (χ4v) is 6.90. The average Bonchev–Trinajstić information content (AvgIpc) is 3.55. The summed E-state index contributed by atoms with van der Waals surface area (Å²) in [6, 6.07) is 11.2. The number of aliphatic hydroxyl groups excluding tert-OH is 10. The molecule has 24 nitrogen and oxygen atoms in total. The van der Waals surface area contributed by atoms with Crippen molar-refractivity contribution in [1.29, 1.82) is 5.26 Å². The van der Waals surface area contributed by atoms with Crippen molar-refractivity contribution in [2.45, 2.75) is 110 Å². The largest absolute Gasteiger partial charge is 0.508 e. The Bertz CT molecular complexity index is 1920. The van der Waals surface area contributed by atoms with Crippen molar-refractivity contribution >= 4 is 12.0 Å². The van der Waals surface area contributed by atoms with Crippen molar-refractivity contribution in [2.75, 3.05) is 33.0 Å². The van der Waals surface area contributed by atoms with Crippen molar-refractivity contribution < 1.29 is 114 Å². The SMILES string of the molecule is N#C[C@@H](O[C@@H]1O[C@H](CO[C@@H]2OC[C@@H](OC3OCC(O)(COC(=O)/C=C/c4ccc(O[C@@H]5O[C@H](CO)[C@@H](O)[C@H](O)[C@H]5O)c(O)c4)C3O)[C@H](O)[C@H]2O)[C@@H](O)[C@H](O)[C@H]1O)c1cccc(O)c1. The molecule has 0 spiro atoms. The van der Waals surface area contributed by atoms with Crippen LogP contribution < -0.4 is 4.74 Å². The Balaban J connectivity index is 0.949. The second kappa shape index (κ2) is 20.8. The number of aliphatic hydroxyl groups is 11. The van der Waals surface area contributed by atoms with Crippen molar-refractivity contribution in [1.82, 2.24) is 0 Å². The predicted octanol–water partition coefficient (Wildman–Crippen LogP) is -5.15. The summed E-state index contributed by atoms with van der Waals surface area (Å²) in [5.74, 6) is -1.85. The van der Waals surface area contributed by atoms with E-state index in [9.17, 15) is 76.4 Å². The minimum atomic E-state index is -2.20. The highest BCUT2D eigenvalue weighted by molar-refractivity contribution is 5.87. The number of carbonyl (C=O) groups is 1. The van der Waals surface area contributed by atoms with E-state index < -0.39 is 155 Å². The van der Waals surface area contributed by atoms with E-state index in [0.29, 0.717) is 0 Å². The Morgan fingerprint density at radius 2 is 1.51 bits per heavy atom. The van der Waals surface area contributed by atoms with Gasteiger partial charge in [-0.1, -0.05) is 18.2 Å². The number of rotatable bonds is 15. The molecule has 18 atom stereocenters. The molecule has 3 unspecified atom stereocenters. The van der Waals surface area contributed by atoms with Gasteiger partial charge in [0.05, 0.1) is 32.5 Å². The summed E-state index contributed by atoms with van der Waals surface area (Å²) >= 11 is 0. The number of aromatic hydroxyl groups is 2. The number of carbonyl (C=O) groups excluding carboxylic acids is 1. The Kier molecular flexibility index (Phi) is 15.9. The summed E-state index contributed by atoms with van der Waals surface area (Å²) in [7, 11) is 0. The second-order valence-corrected chi connectivity index (χ2v) is 15.2. The van der Waals surface area contributed by atoms with E-state index >= 15 is 0 Å². The molecule has 348 valence electrons. The van der Waals surface area contributed by atoms with Crippen LogP contribution in [0.1, 0.15) is 17.2 Å². The van der Waals surface area contributed by atoms with Crippen molar-refractivity contribution in [3.05, 3.63) is 59.7 Å². The molecule has 0 radical (unpaired) electrons. The zero-order valence-electron chi connectivity index (χ0n) is 32.9. The maximum Gasteiger partial charge on any atom is 0.330 e. The molecule has 0 aromatic heterocycles. The molecule has 13 N–H and O–H groups in total. The highest BCUT2D eigenvalue weighted by atomic mass is 16.8. The Morgan fingerprint density at radius 1 is 0.825 bits per heavy atom. The van der Waals surface area contributed by atoms with Gasteiger partial charge in [0.2, 0.25) is 6.29 Å². The van der Waals surface area contributed by atoms with Crippen LogP contribution in [0.5, 0.6) is 17.2 Å². The first-order valence-electron chi connectivity index (χ1n) is 19.4. The Hall–Kier alpha value is -4.18. The van der Waals surface area contributed by atoms with Gasteiger partial charge in [-0.3, -0.25) is 0 Å². The molecule has 4 fully saturated rings. The summed E-state index contributed by atoms with van der Waals surface area (Å²) < 4.78 is 48.8. The van der Waals surface area contributed by atoms with Gasteiger partial charge in [0, 0.05) is 6.08 Å². The molecular weight excluding hydrogens is 850 g/mol. The van der Waals surface area contributed by atoms with E-state index in [1.165, 1.54) is 42.5 Å². The molecule has 0 amide bonds. The van der Waals surface area contributed by atoms with E-state index in [4.69, 9.17) is 42.6 Å². The minimum absolute atomic E-state index is 0.165. The molecule has 4 saturated heterocycles. The highest BCUT2D eigenvalue weighted by Crippen LogP contribution is 2.34. The van der Waals surface area contributed by atoms with E-state index in [2.05, 4.69) is 0 Å². The molecule has 4 aliphatic heterocycles. The number of hydrogen-bond acceptors (Lipinski definition) is 24.